The van der Waals surface area contributed by atoms with Crippen molar-refractivity contribution in [3.05, 3.63) is 100 Å². The predicted molar refractivity (Wildman–Crippen MR) is 111 cm³/mol. The van der Waals surface area contributed by atoms with Gasteiger partial charge in [-0.2, -0.15) is 0 Å². The second-order valence-corrected chi connectivity index (χ2v) is 6.89. The van der Waals surface area contributed by atoms with Crippen LogP contribution in [0.25, 0.3) is 0 Å². The van der Waals surface area contributed by atoms with Gasteiger partial charge in [-0.25, -0.2) is 9.18 Å². The highest BCUT2D eigenvalue weighted by atomic mass is 35.5. The Morgan fingerprint density at radius 2 is 1.72 bits per heavy atom. The van der Waals surface area contributed by atoms with Crippen LogP contribution in [-0.2, 0) is 16.0 Å². The van der Waals surface area contributed by atoms with Gasteiger partial charge in [0.1, 0.15) is 5.82 Å². The first-order chi connectivity index (χ1) is 13.9. The van der Waals surface area contributed by atoms with Crippen LogP contribution in [0.2, 0.25) is 5.02 Å². The number of carbonyl (C=O) groups is 2. The van der Waals surface area contributed by atoms with E-state index in [1.807, 2.05) is 42.5 Å². The lowest BCUT2D eigenvalue weighted by Crippen LogP contribution is -2.30. The van der Waals surface area contributed by atoms with Crippen molar-refractivity contribution in [1.82, 2.24) is 0 Å². The second kappa shape index (κ2) is 9.34. The molecule has 3 aromatic carbocycles. The number of anilines is 1. The molecule has 0 fully saturated rings. The van der Waals surface area contributed by atoms with Gasteiger partial charge in [-0.15, -0.1) is 0 Å². The third-order valence-corrected chi connectivity index (χ3v) is 4.63. The Morgan fingerprint density at radius 1 is 1.03 bits per heavy atom. The van der Waals surface area contributed by atoms with Crippen LogP contribution >= 0.6 is 11.6 Å². The fourth-order valence-electron chi connectivity index (χ4n) is 2.79. The maximum Gasteiger partial charge on any atom is 0.339 e. The highest BCUT2D eigenvalue weighted by molar-refractivity contribution is 6.33. The van der Waals surface area contributed by atoms with E-state index in [1.165, 1.54) is 19.1 Å². The molecule has 1 atom stereocenters. The molecule has 0 unspecified atom stereocenters. The quantitative estimate of drug-likeness (QED) is 0.563. The molecule has 29 heavy (non-hydrogen) atoms. The van der Waals surface area contributed by atoms with Crippen molar-refractivity contribution in [2.45, 2.75) is 19.4 Å². The number of nitrogens with one attached hydrogen (secondary N) is 1. The normalized spacial score (nSPS) is 11.6. The van der Waals surface area contributed by atoms with Crippen molar-refractivity contribution >= 4 is 29.2 Å². The summed E-state index contributed by atoms with van der Waals surface area (Å²) in [5.74, 6) is -1.67. The predicted octanol–water partition coefficient (Wildman–Crippen LogP) is 5.25. The number of rotatable bonds is 6. The molecule has 3 rings (SSSR count). The molecule has 0 saturated heterocycles. The Labute approximate surface area is 173 Å². The van der Waals surface area contributed by atoms with Crippen molar-refractivity contribution in [2.24, 2.45) is 0 Å². The number of esters is 1. The Kier molecular flexibility index (Phi) is 6.62. The van der Waals surface area contributed by atoms with Crippen LogP contribution in [0.4, 0.5) is 10.1 Å². The Hall–Kier alpha value is -3.18. The Bertz CT molecular complexity index is 1020. The SMILES string of the molecule is C[C@@H](OC(=O)c1ccccc1Cc1ccccc1)C(=O)Nc1ccc(F)cc1Cl. The molecular weight excluding hydrogens is 393 g/mol. The van der Waals surface area contributed by atoms with Crippen LogP contribution in [-0.4, -0.2) is 18.0 Å². The number of ether oxygens (including phenoxy) is 1. The zero-order chi connectivity index (χ0) is 20.8. The second-order valence-electron chi connectivity index (χ2n) is 6.48. The lowest BCUT2D eigenvalue weighted by Gasteiger charge is -2.16. The van der Waals surface area contributed by atoms with Crippen LogP contribution in [0.15, 0.2) is 72.8 Å². The summed E-state index contributed by atoms with van der Waals surface area (Å²) in [5.41, 5.74) is 2.50. The molecule has 0 heterocycles. The molecule has 1 N–H and O–H groups in total. The van der Waals surface area contributed by atoms with Crippen LogP contribution in [0, 0.1) is 5.82 Å². The van der Waals surface area contributed by atoms with Gasteiger partial charge in [0.2, 0.25) is 0 Å². The number of hydrogen-bond donors (Lipinski definition) is 1. The summed E-state index contributed by atoms with van der Waals surface area (Å²) in [4.78, 5) is 25.0. The number of benzene rings is 3. The fourth-order valence-corrected chi connectivity index (χ4v) is 3.01. The third kappa shape index (κ3) is 5.42. The van der Waals surface area contributed by atoms with Crippen LogP contribution in [0.3, 0.4) is 0 Å². The van der Waals surface area contributed by atoms with Crippen molar-refractivity contribution in [3.63, 3.8) is 0 Å². The van der Waals surface area contributed by atoms with Gasteiger partial charge < -0.3 is 10.1 Å². The van der Waals surface area contributed by atoms with E-state index in [2.05, 4.69) is 5.32 Å². The molecular formula is C23H19ClFNO3. The topological polar surface area (TPSA) is 55.4 Å². The minimum Gasteiger partial charge on any atom is -0.449 e. The lowest BCUT2D eigenvalue weighted by molar-refractivity contribution is -0.123. The number of halogens is 2. The molecule has 0 aliphatic carbocycles. The van der Waals surface area contributed by atoms with Gasteiger partial charge in [-0.05, 0) is 48.7 Å². The van der Waals surface area contributed by atoms with Crippen molar-refractivity contribution in [1.29, 1.82) is 0 Å². The van der Waals surface area contributed by atoms with Gasteiger partial charge in [0.25, 0.3) is 5.91 Å². The smallest absolute Gasteiger partial charge is 0.339 e. The lowest BCUT2D eigenvalue weighted by atomic mass is 10.00. The Morgan fingerprint density at radius 3 is 2.45 bits per heavy atom. The van der Waals surface area contributed by atoms with E-state index < -0.39 is 23.8 Å². The van der Waals surface area contributed by atoms with Gasteiger partial charge in [0, 0.05) is 0 Å². The summed E-state index contributed by atoms with van der Waals surface area (Å²) in [6, 6.07) is 20.5. The van der Waals surface area contributed by atoms with Gasteiger partial charge in [0.15, 0.2) is 6.10 Å². The highest BCUT2D eigenvalue weighted by Gasteiger charge is 2.21. The van der Waals surface area contributed by atoms with E-state index in [-0.39, 0.29) is 10.7 Å². The third-order valence-electron chi connectivity index (χ3n) is 4.32. The summed E-state index contributed by atoms with van der Waals surface area (Å²) >= 11 is 5.92. The van der Waals surface area contributed by atoms with Gasteiger partial charge >= 0.3 is 5.97 Å². The first-order valence-corrected chi connectivity index (χ1v) is 9.40. The van der Waals surface area contributed by atoms with E-state index in [0.717, 1.165) is 17.2 Å². The zero-order valence-corrected chi connectivity index (χ0v) is 16.4. The number of amides is 1. The molecule has 0 aliphatic rings. The molecule has 3 aromatic rings. The summed E-state index contributed by atoms with van der Waals surface area (Å²) in [7, 11) is 0. The van der Waals surface area contributed by atoms with Gasteiger partial charge in [-0.3, -0.25) is 4.79 Å². The van der Waals surface area contributed by atoms with Gasteiger partial charge in [-0.1, -0.05) is 60.1 Å². The summed E-state index contributed by atoms with van der Waals surface area (Å²) < 4.78 is 18.5. The molecule has 4 nitrogen and oxygen atoms in total. The average molecular weight is 412 g/mol. The molecule has 0 saturated carbocycles. The Balaban J connectivity index is 1.69. The molecule has 0 spiro atoms. The van der Waals surface area contributed by atoms with E-state index in [9.17, 15) is 14.0 Å². The molecule has 0 aliphatic heterocycles. The van der Waals surface area contributed by atoms with Crippen LogP contribution in [0.1, 0.15) is 28.4 Å². The van der Waals surface area contributed by atoms with E-state index in [4.69, 9.17) is 16.3 Å². The van der Waals surface area contributed by atoms with Crippen LogP contribution < -0.4 is 5.32 Å². The zero-order valence-electron chi connectivity index (χ0n) is 15.7. The molecule has 148 valence electrons. The van der Waals surface area contributed by atoms with E-state index in [0.29, 0.717) is 12.0 Å². The molecule has 6 heteroatoms. The molecule has 0 aromatic heterocycles. The molecule has 0 bridgehead atoms. The van der Waals surface area contributed by atoms with E-state index >= 15 is 0 Å². The van der Waals surface area contributed by atoms with E-state index in [1.54, 1.807) is 12.1 Å². The number of carbonyl (C=O) groups excluding carboxylic acids is 2. The molecule has 1 amide bonds. The standard InChI is InChI=1S/C23H19ClFNO3/c1-15(22(27)26-21-12-11-18(25)14-20(21)24)29-23(28)19-10-6-5-9-17(19)13-16-7-3-2-4-8-16/h2-12,14-15H,13H2,1H3,(H,26,27)/t15-/m1/s1. The highest BCUT2D eigenvalue weighted by Crippen LogP contribution is 2.23. The van der Waals surface area contributed by atoms with Gasteiger partial charge in [0.05, 0.1) is 16.3 Å². The van der Waals surface area contributed by atoms with Crippen LogP contribution in [0.5, 0.6) is 0 Å². The summed E-state index contributed by atoms with van der Waals surface area (Å²) in [6.45, 7) is 1.46. The fraction of sp³-hybridized carbons (Fsp3) is 0.130. The van der Waals surface area contributed by atoms with Crippen molar-refractivity contribution in [2.75, 3.05) is 5.32 Å². The maximum absolute atomic E-state index is 13.1. The molecule has 0 radical (unpaired) electrons. The largest absolute Gasteiger partial charge is 0.449 e. The summed E-state index contributed by atoms with van der Waals surface area (Å²) in [6.07, 6.45) is -0.494. The monoisotopic (exact) mass is 411 g/mol. The average Bonchev–Trinajstić information content (AvgIpc) is 2.71. The minimum absolute atomic E-state index is 0.0603. The maximum atomic E-state index is 13.1. The minimum atomic E-state index is -1.06. The number of hydrogen-bond acceptors (Lipinski definition) is 3. The summed E-state index contributed by atoms with van der Waals surface area (Å²) in [5, 5.41) is 2.59. The van der Waals surface area contributed by atoms with Crippen molar-refractivity contribution < 1.29 is 18.7 Å². The first kappa shape index (κ1) is 20.6. The van der Waals surface area contributed by atoms with Crippen molar-refractivity contribution in [3.8, 4) is 0 Å². The first-order valence-electron chi connectivity index (χ1n) is 9.03.